The van der Waals surface area contributed by atoms with Crippen molar-refractivity contribution in [1.82, 2.24) is 10.3 Å². The number of carbonyl (C=O) groups is 1. The number of aromatic nitrogens is 1. The van der Waals surface area contributed by atoms with E-state index in [4.69, 9.17) is 4.74 Å². The van der Waals surface area contributed by atoms with Gasteiger partial charge in [-0.15, -0.1) is 0 Å². The predicted molar refractivity (Wildman–Crippen MR) is 67.4 cm³/mol. The van der Waals surface area contributed by atoms with E-state index in [0.717, 1.165) is 31.5 Å². The lowest BCUT2D eigenvalue weighted by molar-refractivity contribution is 0.0594. The van der Waals surface area contributed by atoms with Gasteiger partial charge in [0.2, 0.25) is 0 Å². The number of rotatable bonds is 5. The van der Waals surface area contributed by atoms with Gasteiger partial charge in [-0.2, -0.15) is 0 Å². The van der Waals surface area contributed by atoms with Crippen LogP contribution in [0.5, 0.6) is 0 Å². The molecule has 2 unspecified atom stereocenters. The van der Waals surface area contributed by atoms with Crippen LogP contribution in [-0.4, -0.2) is 37.3 Å². The molecule has 0 amide bonds. The van der Waals surface area contributed by atoms with Crippen LogP contribution in [0.25, 0.3) is 0 Å². The van der Waals surface area contributed by atoms with E-state index in [1.54, 1.807) is 13.2 Å². The smallest absolute Gasteiger partial charge is 0.354 e. The Balaban J connectivity index is 1.80. The van der Waals surface area contributed by atoms with E-state index in [9.17, 15) is 4.79 Å². The van der Waals surface area contributed by atoms with Crippen molar-refractivity contribution in [3.63, 3.8) is 0 Å². The Bertz CT molecular complexity index is 403. The molecule has 5 heteroatoms. The molecule has 5 nitrogen and oxygen atoms in total. The summed E-state index contributed by atoms with van der Waals surface area (Å²) in [6.45, 7) is 0.734. The Hall–Kier alpha value is -1.33. The van der Waals surface area contributed by atoms with Gasteiger partial charge in [0.1, 0.15) is 5.69 Å². The third-order valence-electron chi connectivity index (χ3n) is 3.45. The summed E-state index contributed by atoms with van der Waals surface area (Å²) in [6, 6.07) is 4.15. The first-order valence-corrected chi connectivity index (χ1v) is 6.25. The van der Waals surface area contributed by atoms with Gasteiger partial charge in [-0.3, -0.25) is 0 Å². The average molecular weight is 252 g/mol. The number of hydrogen-bond acceptors (Lipinski definition) is 4. The van der Waals surface area contributed by atoms with Crippen molar-refractivity contribution in [2.75, 3.05) is 14.2 Å². The Labute approximate surface area is 107 Å². The van der Waals surface area contributed by atoms with Gasteiger partial charge < -0.3 is 19.8 Å². The van der Waals surface area contributed by atoms with Crippen LogP contribution in [0.1, 0.15) is 35.4 Å². The van der Waals surface area contributed by atoms with E-state index < -0.39 is 0 Å². The number of hydrogen-bond donors (Lipinski definition) is 2. The zero-order chi connectivity index (χ0) is 13.0. The molecule has 2 N–H and O–H groups in total. The monoisotopic (exact) mass is 252 g/mol. The number of ether oxygens (including phenoxy) is 2. The van der Waals surface area contributed by atoms with Crippen molar-refractivity contribution >= 4 is 5.97 Å². The highest BCUT2D eigenvalue weighted by atomic mass is 16.5. The lowest BCUT2D eigenvalue weighted by Gasteiger charge is -2.11. The summed E-state index contributed by atoms with van der Waals surface area (Å²) in [4.78, 5) is 14.3. The van der Waals surface area contributed by atoms with Gasteiger partial charge in [0.25, 0.3) is 0 Å². The van der Waals surface area contributed by atoms with Crippen molar-refractivity contribution in [1.29, 1.82) is 0 Å². The SMILES string of the molecule is COC(=O)c1ccc(CNC2CCC(OC)C2)[nH]1. The molecule has 2 rings (SSSR count). The predicted octanol–water partition coefficient (Wildman–Crippen LogP) is 1.46. The molecule has 1 aliphatic carbocycles. The van der Waals surface area contributed by atoms with Crippen molar-refractivity contribution < 1.29 is 14.3 Å². The van der Waals surface area contributed by atoms with Crippen LogP contribution in [0, 0.1) is 0 Å². The van der Waals surface area contributed by atoms with E-state index in [-0.39, 0.29) is 5.97 Å². The number of carbonyl (C=O) groups excluding carboxylic acids is 1. The topological polar surface area (TPSA) is 63.4 Å². The maximum Gasteiger partial charge on any atom is 0.354 e. The molecule has 18 heavy (non-hydrogen) atoms. The summed E-state index contributed by atoms with van der Waals surface area (Å²) in [7, 11) is 3.14. The second-order valence-corrected chi connectivity index (χ2v) is 4.64. The molecule has 1 aromatic rings. The molecule has 1 aromatic heterocycles. The molecule has 1 fully saturated rings. The van der Waals surface area contributed by atoms with E-state index in [2.05, 4.69) is 15.0 Å². The number of nitrogens with one attached hydrogen (secondary N) is 2. The number of esters is 1. The van der Waals surface area contributed by atoms with Crippen LogP contribution in [0.4, 0.5) is 0 Å². The van der Waals surface area contributed by atoms with E-state index in [0.29, 0.717) is 17.8 Å². The Morgan fingerprint density at radius 3 is 2.94 bits per heavy atom. The minimum atomic E-state index is -0.332. The molecule has 1 heterocycles. The highest BCUT2D eigenvalue weighted by Gasteiger charge is 2.23. The molecule has 0 bridgehead atoms. The molecular weight excluding hydrogens is 232 g/mol. The minimum absolute atomic E-state index is 0.332. The molecule has 0 aliphatic heterocycles. The molecule has 2 atom stereocenters. The first kappa shape index (κ1) is 13.1. The molecule has 0 radical (unpaired) electrons. The lowest BCUT2D eigenvalue weighted by atomic mass is 10.2. The van der Waals surface area contributed by atoms with Gasteiger partial charge in [-0.1, -0.05) is 0 Å². The first-order chi connectivity index (χ1) is 8.72. The van der Waals surface area contributed by atoms with Gasteiger partial charge in [-0.25, -0.2) is 4.79 Å². The van der Waals surface area contributed by atoms with Crippen molar-refractivity contribution in [2.45, 2.75) is 38.0 Å². The van der Waals surface area contributed by atoms with Gasteiger partial charge in [-0.05, 0) is 31.4 Å². The fourth-order valence-electron chi connectivity index (χ4n) is 2.37. The first-order valence-electron chi connectivity index (χ1n) is 6.25. The Morgan fingerprint density at radius 2 is 2.28 bits per heavy atom. The zero-order valence-corrected chi connectivity index (χ0v) is 10.9. The average Bonchev–Trinajstić information content (AvgIpc) is 3.04. The second kappa shape index (κ2) is 6.02. The molecule has 1 aliphatic rings. The molecule has 0 spiro atoms. The van der Waals surface area contributed by atoms with Crippen LogP contribution in [0.3, 0.4) is 0 Å². The van der Waals surface area contributed by atoms with Gasteiger partial charge in [0.15, 0.2) is 0 Å². The second-order valence-electron chi connectivity index (χ2n) is 4.64. The van der Waals surface area contributed by atoms with Gasteiger partial charge >= 0.3 is 5.97 Å². The van der Waals surface area contributed by atoms with Crippen LogP contribution >= 0.6 is 0 Å². The maximum atomic E-state index is 11.3. The highest BCUT2D eigenvalue weighted by molar-refractivity contribution is 5.87. The molecule has 100 valence electrons. The van der Waals surface area contributed by atoms with Crippen molar-refractivity contribution in [3.8, 4) is 0 Å². The van der Waals surface area contributed by atoms with E-state index in [1.807, 2.05) is 6.07 Å². The summed E-state index contributed by atoms with van der Waals surface area (Å²) in [5.74, 6) is -0.332. The molecular formula is C13H20N2O3. The standard InChI is InChI=1S/C13H20N2O3/c1-17-11-5-3-9(7-11)14-8-10-4-6-12(15-10)13(16)18-2/h4,6,9,11,14-15H,3,5,7-8H2,1-2H3. The summed E-state index contributed by atoms with van der Waals surface area (Å²) in [5, 5.41) is 3.47. The maximum absolute atomic E-state index is 11.3. The summed E-state index contributed by atoms with van der Waals surface area (Å²) in [6.07, 6.45) is 3.70. The fourth-order valence-corrected chi connectivity index (χ4v) is 2.37. The normalized spacial score (nSPS) is 23.2. The van der Waals surface area contributed by atoms with Crippen molar-refractivity contribution in [2.24, 2.45) is 0 Å². The largest absolute Gasteiger partial charge is 0.464 e. The third-order valence-corrected chi connectivity index (χ3v) is 3.45. The Morgan fingerprint density at radius 1 is 1.44 bits per heavy atom. The Kier molecular flexibility index (Phi) is 4.38. The summed E-state index contributed by atoms with van der Waals surface area (Å²) < 4.78 is 9.98. The van der Waals surface area contributed by atoms with Crippen LogP contribution < -0.4 is 5.32 Å². The fraction of sp³-hybridized carbons (Fsp3) is 0.615. The molecule has 1 saturated carbocycles. The summed E-state index contributed by atoms with van der Waals surface area (Å²) in [5.41, 5.74) is 1.49. The molecule has 0 aromatic carbocycles. The van der Waals surface area contributed by atoms with E-state index >= 15 is 0 Å². The quantitative estimate of drug-likeness (QED) is 0.779. The van der Waals surface area contributed by atoms with Gasteiger partial charge in [0, 0.05) is 25.4 Å². The zero-order valence-electron chi connectivity index (χ0n) is 10.9. The van der Waals surface area contributed by atoms with E-state index in [1.165, 1.54) is 7.11 Å². The minimum Gasteiger partial charge on any atom is -0.464 e. The van der Waals surface area contributed by atoms with Crippen LogP contribution in [-0.2, 0) is 16.0 Å². The molecule has 0 saturated heterocycles. The number of methoxy groups -OCH3 is 2. The highest BCUT2D eigenvalue weighted by Crippen LogP contribution is 2.21. The number of aromatic amines is 1. The summed E-state index contributed by atoms with van der Waals surface area (Å²) >= 11 is 0. The van der Waals surface area contributed by atoms with Crippen LogP contribution in [0.15, 0.2) is 12.1 Å². The van der Waals surface area contributed by atoms with Crippen molar-refractivity contribution in [3.05, 3.63) is 23.5 Å². The number of H-pyrrole nitrogens is 1. The van der Waals surface area contributed by atoms with Gasteiger partial charge in [0.05, 0.1) is 13.2 Å². The third kappa shape index (κ3) is 3.11. The lowest BCUT2D eigenvalue weighted by Crippen LogP contribution is -2.26. The van der Waals surface area contributed by atoms with Crippen LogP contribution in [0.2, 0.25) is 0 Å².